The normalized spacial score (nSPS) is 17.7. The van der Waals surface area contributed by atoms with E-state index in [4.69, 9.17) is 10.5 Å². The van der Waals surface area contributed by atoms with E-state index in [-0.39, 0.29) is 0 Å². The zero-order chi connectivity index (χ0) is 12.8. The van der Waals surface area contributed by atoms with Gasteiger partial charge in [-0.25, -0.2) is 9.97 Å². The molecule has 18 heavy (non-hydrogen) atoms. The first-order valence-electron chi connectivity index (χ1n) is 6.75. The average molecular weight is 250 g/mol. The van der Waals surface area contributed by atoms with E-state index in [0.29, 0.717) is 31.0 Å². The highest BCUT2D eigenvalue weighted by molar-refractivity contribution is 5.38. The molecule has 1 aromatic rings. The van der Waals surface area contributed by atoms with E-state index in [2.05, 4.69) is 15.3 Å². The number of rotatable bonds is 6. The van der Waals surface area contributed by atoms with Crippen LogP contribution in [0.25, 0.3) is 0 Å². The SMILES string of the molecule is CCOc1cc(NC(CN)C2CCCC2)ncn1. The van der Waals surface area contributed by atoms with Crippen LogP contribution in [0.15, 0.2) is 12.4 Å². The van der Waals surface area contributed by atoms with Crippen LogP contribution in [0.4, 0.5) is 5.82 Å². The molecule has 3 N–H and O–H groups in total. The van der Waals surface area contributed by atoms with Crippen LogP contribution in [0.1, 0.15) is 32.6 Å². The van der Waals surface area contributed by atoms with Crippen molar-refractivity contribution in [2.24, 2.45) is 11.7 Å². The van der Waals surface area contributed by atoms with Gasteiger partial charge in [-0.1, -0.05) is 12.8 Å². The van der Waals surface area contributed by atoms with Crippen LogP contribution in [0.2, 0.25) is 0 Å². The van der Waals surface area contributed by atoms with E-state index in [1.54, 1.807) is 0 Å². The van der Waals surface area contributed by atoms with Crippen LogP contribution in [-0.4, -0.2) is 29.2 Å². The predicted molar refractivity (Wildman–Crippen MR) is 71.6 cm³/mol. The highest BCUT2D eigenvalue weighted by atomic mass is 16.5. The van der Waals surface area contributed by atoms with Crippen LogP contribution in [0.5, 0.6) is 5.88 Å². The zero-order valence-electron chi connectivity index (χ0n) is 10.9. The Bertz CT molecular complexity index is 366. The quantitative estimate of drug-likeness (QED) is 0.805. The largest absolute Gasteiger partial charge is 0.478 e. The Kier molecular flexibility index (Phi) is 4.75. The summed E-state index contributed by atoms with van der Waals surface area (Å²) in [6, 6.07) is 2.14. The van der Waals surface area contributed by atoms with Crippen LogP contribution in [-0.2, 0) is 0 Å². The van der Waals surface area contributed by atoms with Crippen molar-refractivity contribution in [2.75, 3.05) is 18.5 Å². The highest BCUT2D eigenvalue weighted by Crippen LogP contribution is 2.29. The van der Waals surface area contributed by atoms with Crippen molar-refractivity contribution in [3.8, 4) is 5.88 Å². The Labute approximate surface area is 108 Å². The van der Waals surface area contributed by atoms with Crippen molar-refractivity contribution >= 4 is 5.82 Å². The molecule has 0 aromatic carbocycles. The number of nitrogens with zero attached hydrogens (tertiary/aromatic N) is 2. The topological polar surface area (TPSA) is 73.1 Å². The molecule has 1 aliphatic rings. The molecule has 1 fully saturated rings. The van der Waals surface area contributed by atoms with Gasteiger partial charge in [-0.15, -0.1) is 0 Å². The van der Waals surface area contributed by atoms with Gasteiger partial charge in [0.05, 0.1) is 6.61 Å². The molecule has 5 heteroatoms. The van der Waals surface area contributed by atoms with E-state index in [1.807, 2.05) is 13.0 Å². The van der Waals surface area contributed by atoms with Crippen molar-refractivity contribution < 1.29 is 4.74 Å². The number of aromatic nitrogens is 2. The lowest BCUT2D eigenvalue weighted by molar-refractivity contribution is 0.326. The minimum absolute atomic E-state index is 0.303. The summed E-state index contributed by atoms with van der Waals surface area (Å²) in [6.45, 7) is 3.19. The minimum atomic E-state index is 0.303. The first-order chi connectivity index (χ1) is 8.83. The van der Waals surface area contributed by atoms with Gasteiger partial charge in [0.25, 0.3) is 0 Å². The molecule has 0 bridgehead atoms. The van der Waals surface area contributed by atoms with Gasteiger partial charge in [0.2, 0.25) is 5.88 Å². The molecule has 5 nitrogen and oxygen atoms in total. The summed E-state index contributed by atoms with van der Waals surface area (Å²) in [5.74, 6) is 2.08. The summed E-state index contributed by atoms with van der Waals surface area (Å²) in [5, 5.41) is 3.41. The monoisotopic (exact) mass is 250 g/mol. The molecular formula is C13H22N4O. The highest BCUT2D eigenvalue weighted by Gasteiger charge is 2.24. The molecule has 0 amide bonds. The van der Waals surface area contributed by atoms with Gasteiger partial charge in [-0.2, -0.15) is 0 Å². The molecule has 1 aliphatic carbocycles. The molecular weight excluding hydrogens is 228 g/mol. The van der Waals surface area contributed by atoms with Gasteiger partial charge in [-0.3, -0.25) is 0 Å². The van der Waals surface area contributed by atoms with Crippen molar-refractivity contribution in [1.82, 2.24) is 9.97 Å². The second-order valence-corrected chi connectivity index (χ2v) is 4.71. The van der Waals surface area contributed by atoms with Crippen molar-refractivity contribution in [3.05, 3.63) is 12.4 Å². The Hall–Kier alpha value is -1.36. The molecule has 100 valence electrons. The summed E-state index contributed by atoms with van der Waals surface area (Å²) in [7, 11) is 0. The van der Waals surface area contributed by atoms with E-state index in [1.165, 1.54) is 32.0 Å². The Morgan fingerprint density at radius 1 is 1.44 bits per heavy atom. The average Bonchev–Trinajstić information content (AvgIpc) is 2.90. The molecule has 2 rings (SSSR count). The summed E-state index contributed by atoms with van der Waals surface area (Å²) in [5.41, 5.74) is 5.86. The maximum Gasteiger partial charge on any atom is 0.218 e. The number of hydrogen-bond donors (Lipinski definition) is 2. The second kappa shape index (κ2) is 6.54. The zero-order valence-corrected chi connectivity index (χ0v) is 10.9. The third-order valence-electron chi connectivity index (χ3n) is 3.49. The first kappa shape index (κ1) is 13.1. The van der Waals surface area contributed by atoms with Gasteiger partial charge in [0.15, 0.2) is 0 Å². The molecule has 1 saturated carbocycles. The summed E-state index contributed by atoms with van der Waals surface area (Å²) in [4.78, 5) is 8.28. The van der Waals surface area contributed by atoms with Crippen LogP contribution in [0.3, 0.4) is 0 Å². The smallest absolute Gasteiger partial charge is 0.218 e. The van der Waals surface area contributed by atoms with Gasteiger partial charge >= 0.3 is 0 Å². The lowest BCUT2D eigenvalue weighted by atomic mass is 9.98. The van der Waals surface area contributed by atoms with E-state index in [9.17, 15) is 0 Å². The van der Waals surface area contributed by atoms with Crippen LogP contribution >= 0.6 is 0 Å². The fourth-order valence-corrected chi connectivity index (χ4v) is 2.56. The third kappa shape index (κ3) is 3.32. The Morgan fingerprint density at radius 2 is 2.22 bits per heavy atom. The Balaban J connectivity index is 1.99. The van der Waals surface area contributed by atoms with Gasteiger partial charge in [-0.05, 0) is 25.7 Å². The molecule has 1 heterocycles. The number of nitrogens with one attached hydrogen (secondary N) is 1. The lowest BCUT2D eigenvalue weighted by Crippen LogP contribution is -2.35. The fourth-order valence-electron chi connectivity index (χ4n) is 2.56. The number of ether oxygens (including phenoxy) is 1. The third-order valence-corrected chi connectivity index (χ3v) is 3.49. The minimum Gasteiger partial charge on any atom is -0.478 e. The standard InChI is InChI=1S/C13H22N4O/c1-2-18-13-7-12(15-9-16-13)17-11(8-14)10-5-3-4-6-10/h7,9-11H,2-6,8,14H2,1H3,(H,15,16,17). The molecule has 1 unspecified atom stereocenters. The predicted octanol–water partition coefficient (Wildman–Crippen LogP) is 1.80. The molecule has 0 aliphatic heterocycles. The van der Waals surface area contributed by atoms with E-state index >= 15 is 0 Å². The summed E-state index contributed by atoms with van der Waals surface area (Å²) >= 11 is 0. The second-order valence-electron chi connectivity index (χ2n) is 4.71. The number of hydrogen-bond acceptors (Lipinski definition) is 5. The molecule has 0 radical (unpaired) electrons. The van der Waals surface area contributed by atoms with Crippen molar-refractivity contribution in [2.45, 2.75) is 38.6 Å². The Morgan fingerprint density at radius 3 is 2.89 bits per heavy atom. The van der Waals surface area contributed by atoms with E-state index in [0.717, 1.165) is 5.82 Å². The van der Waals surface area contributed by atoms with Crippen molar-refractivity contribution in [1.29, 1.82) is 0 Å². The summed E-state index contributed by atoms with van der Waals surface area (Å²) in [6.07, 6.45) is 6.68. The maximum atomic E-state index is 5.86. The molecule has 0 saturated heterocycles. The lowest BCUT2D eigenvalue weighted by Gasteiger charge is -2.23. The molecule has 1 atom stereocenters. The fraction of sp³-hybridized carbons (Fsp3) is 0.692. The van der Waals surface area contributed by atoms with Gasteiger partial charge < -0.3 is 15.8 Å². The van der Waals surface area contributed by atoms with Crippen LogP contribution < -0.4 is 15.8 Å². The number of nitrogens with two attached hydrogens (primary N) is 1. The number of anilines is 1. The molecule has 0 spiro atoms. The first-order valence-corrected chi connectivity index (χ1v) is 6.75. The van der Waals surface area contributed by atoms with Crippen molar-refractivity contribution in [3.63, 3.8) is 0 Å². The molecule has 1 aromatic heterocycles. The van der Waals surface area contributed by atoms with E-state index < -0.39 is 0 Å². The van der Waals surface area contributed by atoms with Gasteiger partial charge in [0, 0.05) is 18.7 Å². The van der Waals surface area contributed by atoms with Crippen LogP contribution in [0, 0.1) is 5.92 Å². The maximum absolute atomic E-state index is 5.86. The van der Waals surface area contributed by atoms with Gasteiger partial charge in [0.1, 0.15) is 12.1 Å². The summed E-state index contributed by atoms with van der Waals surface area (Å²) < 4.78 is 5.36.